The molecule has 1 aliphatic heterocycles. The molecule has 0 aliphatic carbocycles. The van der Waals surface area contributed by atoms with Gasteiger partial charge in [0.05, 0.1) is 6.54 Å². The van der Waals surface area contributed by atoms with E-state index in [9.17, 15) is 0 Å². The SMILES string of the molecule is CCCC1=NCc2ccc(Br)cc21. The van der Waals surface area contributed by atoms with E-state index < -0.39 is 0 Å². The monoisotopic (exact) mass is 237 g/mol. The normalized spacial score (nSPS) is 14.2. The average Bonchev–Trinajstić information content (AvgIpc) is 2.49. The number of halogens is 1. The number of benzene rings is 1. The van der Waals surface area contributed by atoms with E-state index in [1.807, 2.05) is 0 Å². The van der Waals surface area contributed by atoms with Gasteiger partial charge in [0.1, 0.15) is 0 Å². The third-order valence-electron chi connectivity index (χ3n) is 2.31. The van der Waals surface area contributed by atoms with Gasteiger partial charge < -0.3 is 0 Å². The van der Waals surface area contributed by atoms with Gasteiger partial charge in [-0.15, -0.1) is 0 Å². The number of aliphatic imine (C=N–C) groups is 1. The van der Waals surface area contributed by atoms with Crippen LogP contribution in [0.4, 0.5) is 0 Å². The summed E-state index contributed by atoms with van der Waals surface area (Å²) in [6.45, 7) is 3.07. The predicted octanol–water partition coefficient (Wildman–Crippen LogP) is 3.55. The van der Waals surface area contributed by atoms with Gasteiger partial charge in [0.15, 0.2) is 0 Å². The largest absolute Gasteiger partial charge is 0.284 e. The summed E-state index contributed by atoms with van der Waals surface area (Å²) < 4.78 is 1.15. The predicted molar refractivity (Wildman–Crippen MR) is 59.3 cm³/mol. The first kappa shape index (κ1) is 8.95. The maximum absolute atomic E-state index is 4.53. The van der Waals surface area contributed by atoms with Crippen molar-refractivity contribution in [2.75, 3.05) is 0 Å². The van der Waals surface area contributed by atoms with Gasteiger partial charge in [-0.3, -0.25) is 4.99 Å². The van der Waals surface area contributed by atoms with E-state index in [1.54, 1.807) is 0 Å². The van der Waals surface area contributed by atoms with Crippen LogP contribution in [0.5, 0.6) is 0 Å². The highest BCUT2D eigenvalue weighted by Crippen LogP contribution is 2.24. The summed E-state index contributed by atoms with van der Waals surface area (Å²) in [5.41, 5.74) is 3.99. The Bertz CT molecular complexity index is 355. The average molecular weight is 238 g/mol. The topological polar surface area (TPSA) is 12.4 Å². The molecular weight excluding hydrogens is 226 g/mol. The zero-order chi connectivity index (χ0) is 9.26. The first-order chi connectivity index (χ1) is 6.31. The van der Waals surface area contributed by atoms with Crippen molar-refractivity contribution in [1.82, 2.24) is 0 Å². The van der Waals surface area contributed by atoms with Crippen LogP contribution in [0.1, 0.15) is 30.9 Å². The molecule has 2 rings (SSSR count). The van der Waals surface area contributed by atoms with Crippen molar-refractivity contribution >= 4 is 21.6 Å². The summed E-state index contributed by atoms with van der Waals surface area (Å²) in [4.78, 5) is 4.53. The lowest BCUT2D eigenvalue weighted by atomic mass is 10.0. The van der Waals surface area contributed by atoms with Crippen LogP contribution in [0.15, 0.2) is 27.7 Å². The summed E-state index contributed by atoms with van der Waals surface area (Å²) in [6.07, 6.45) is 2.27. The van der Waals surface area contributed by atoms with Crippen molar-refractivity contribution in [3.8, 4) is 0 Å². The van der Waals surface area contributed by atoms with Crippen LogP contribution < -0.4 is 0 Å². The Morgan fingerprint density at radius 3 is 3.08 bits per heavy atom. The molecule has 0 fully saturated rings. The Balaban J connectivity index is 2.36. The Hall–Kier alpha value is -0.630. The van der Waals surface area contributed by atoms with Gasteiger partial charge in [0, 0.05) is 15.7 Å². The highest BCUT2D eigenvalue weighted by Gasteiger charge is 2.14. The Labute approximate surface area is 87.0 Å². The van der Waals surface area contributed by atoms with Crippen molar-refractivity contribution in [3.05, 3.63) is 33.8 Å². The van der Waals surface area contributed by atoms with Crippen LogP contribution in [0.2, 0.25) is 0 Å². The molecule has 0 bridgehead atoms. The molecule has 1 heterocycles. The van der Waals surface area contributed by atoms with E-state index >= 15 is 0 Å². The Morgan fingerprint density at radius 1 is 1.46 bits per heavy atom. The first-order valence-corrected chi connectivity index (χ1v) is 5.42. The van der Waals surface area contributed by atoms with Crippen LogP contribution in [0, 0.1) is 0 Å². The summed E-state index contributed by atoms with van der Waals surface area (Å²) in [5.74, 6) is 0. The zero-order valence-electron chi connectivity index (χ0n) is 7.68. The second-order valence-corrected chi connectivity index (χ2v) is 4.23. The molecule has 1 nitrogen and oxygen atoms in total. The zero-order valence-corrected chi connectivity index (χ0v) is 9.26. The molecule has 0 saturated carbocycles. The third-order valence-corrected chi connectivity index (χ3v) is 2.80. The minimum Gasteiger partial charge on any atom is -0.284 e. The van der Waals surface area contributed by atoms with E-state index in [0.717, 1.165) is 17.4 Å². The van der Waals surface area contributed by atoms with E-state index in [-0.39, 0.29) is 0 Å². The van der Waals surface area contributed by atoms with Gasteiger partial charge in [-0.1, -0.05) is 35.3 Å². The molecule has 0 atom stereocenters. The molecule has 1 aromatic rings. The lowest BCUT2D eigenvalue weighted by molar-refractivity contribution is 0.986. The van der Waals surface area contributed by atoms with Gasteiger partial charge >= 0.3 is 0 Å². The van der Waals surface area contributed by atoms with Gasteiger partial charge in [0.25, 0.3) is 0 Å². The maximum atomic E-state index is 4.53. The summed E-state index contributed by atoms with van der Waals surface area (Å²) in [7, 11) is 0. The Morgan fingerprint density at radius 2 is 2.31 bits per heavy atom. The number of rotatable bonds is 2. The minimum absolute atomic E-state index is 0.873. The van der Waals surface area contributed by atoms with Crippen LogP contribution in [0.3, 0.4) is 0 Å². The fraction of sp³-hybridized carbons (Fsp3) is 0.364. The standard InChI is InChI=1S/C11H12BrN/c1-2-3-11-10-6-9(12)5-4-8(10)7-13-11/h4-6H,2-3,7H2,1H3. The fourth-order valence-electron chi connectivity index (χ4n) is 1.67. The smallest absolute Gasteiger partial charge is 0.0649 e. The third kappa shape index (κ3) is 1.68. The van der Waals surface area contributed by atoms with E-state index in [0.29, 0.717) is 0 Å². The number of nitrogens with zero attached hydrogens (tertiary/aromatic N) is 1. The molecular formula is C11H12BrN. The van der Waals surface area contributed by atoms with Crippen LogP contribution in [-0.2, 0) is 6.54 Å². The molecule has 0 saturated heterocycles. The number of fused-ring (bicyclic) bond motifs is 1. The van der Waals surface area contributed by atoms with Gasteiger partial charge in [-0.05, 0) is 24.1 Å². The van der Waals surface area contributed by atoms with Gasteiger partial charge in [0.2, 0.25) is 0 Å². The maximum Gasteiger partial charge on any atom is 0.0649 e. The first-order valence-electron chi connectivity index (χ1n) is 4.63. The quantitative estimate of drug-likeness (QED) is 0.747. The van der Waals surface area contributed by atoms with Gasteiger partial charge in [-0.2, -0.15) is 0 Å². The van der Waals surface area contributed by atoms with Crippen molar-refractivity contribution in [2.24, 2.45) is 4.99 Å². The molecule has 0 N–H and O–H groups in total. The molecule has 1 aliphatic rings. The fourth-order valence-corrected chi connectivity index (χ4v) is 2.03. The molecule has 0 aromatic heterocycles. The lowest BCUT2D eigenvalue weighted by Crippen LogP contribution is -1.97. The summed E-state index contributed by atoms with van der Waals surface area (Å²) in [6, 6.07) is 6.42. The van der Waals surface area contributed by atoms with Gasteiger partial charge in [-0.25, -0.2) is 0 Å². The summed E-state index contributed by atoms with van der Waals surface area (Å²) in [5, 5.41) is 0. The molecule has 13 heavy (non-hydrogen) atoms. The van der Waals surface area contributed by atoms with Crippen molar-refractivity contribution in [1.29, 1.82) is 0 Å². The molecule has 68 valence electrons. The van der Waals surface area contributed by atoms with E-state index in [2.05, 4.69) is 46.0 Å². The summed E-state index contributed by atoms with van der Waals surface area (Å²) >= 11 is 3.49. The molecule has 0 unspecified atom stereocenters. The molecule has 0 amide bonds. The second-order valence-electron chi connectivity index (χ2n) is 3.31. The van der Waals surface area contributed by atoms with E-state index in [4.69, 9.17) is 0 Å². The minimum atomic E-state index is 0.873. The molecule has 0 radical (unpaired) electrons. The van der Waals surface area contributed by atoms with Crippen LogP contribution in [-0.4, -0.2) is 5.71 Å². The van der Waals surface area contributed by atoms with Crippen LogP contribution in [0.25, 0.3) is 0 Å². The van der Waals surface area contributed by atoms with Crippen molar-refractivity contribution in [2.45, 2.75) is 26.3 Å². The Kier molecular flexibility index (Phi) is 2.49. The second kappa shape index (κ2) is 3.62. The number of hydrogen-bond donors (Lipinski definition) is 0. The number of hydrogen-bond acceptors (Lipinski definition) is 1. The molecule has 0 spiro atoms. The highest BCUT2D eigenvalue weighted by atomic mass is 79.9. The van der Waals surface area contributed by atoms with Crippen LogP contribution >= 0.6 is 15.9 Å². The molecule has 2 heteroatoms. The van der Waals surface area contributed by atoms with Crippen molar-refractivity contribution in [3.63, 3.8) is 0 Å². The highest BCUT2D eigenvalue weighted by molar-refractivity contribution is 9.10. The van der Waals surface area contributed by atoms with E-state index in [1.165, 1.54) is 23.3 Å². The van der Waals surface area contributed by atoms with Crippen molar-refractivity contribution < 1.29 is 0 Å². The molecule has 1 aromatic carbocycles. The lowest BCUT2D eigenvalue weighted by Gasteiger charge is -2.02.